The molecule has 0 spiro atoms. The summed E-state index contributed by atoms with van der Waals surface area (Å²) in [6.45, 7) is 0. The molecule has 0 fully saturated rings. The van der Waals surface area contributed by atoms with Crippen LogP contribution in [-0.2, 0) is 14.5 Å². The number of benzene rings is 3. The molecule has 128 valence electrons. The van der Waals surface area contributed by atoms with E-state index in [-0.39, 0.29) is 14.5 Å². The molecule has 0 atom stereocenters. The summed E-state index contributed by atoms with van der Waals surface area (Å²) in [6, 6.07) is 30.5. The fourth-order valence-electron chi connectivity index (χ4n) is 2.40. The molecule has 0 heterocycles. The number of halogens is 2. The normalized spacial score (nSPS) is 10.3. The summed E-state index contributed by atoms with van der Waals surface area (Å²) in [5, 5.41) is 4.25. The molecule has 5 heteroatoms. The van der Waals surface area contributed by atoms with Crippen LogP contribution < -0.4 is 15.9 Å². The van der Waals surface area contributed by atoms with Gasteiger partial charge in [0.1, 0.15) is 0 Å². The van der Waals surface area contributed by atoms with E-state index in [1.807, 2.05) is 11.8 Å². The molecule has 3 aromatic carbocycles. The zero-order valence-corrected chi connectivity index (χ0v) is 20.2. The molecule has 3 rings (SSSR count). The Morgan fingerprint density at radius 1 is 0.708 bits per heavy atom. The molecule has 0 saturated carbocycles. The van der Waals surface area contributed by atoms with Crippen molar-refractivity contribution in [3.8, 4) is 0 Å². The van der Waals surface area contributed by atoms with Gasteiger partial charge in [-0.05, 0) is 36.2 Å². The Balaban J connectivity index is 0.000000647. The second-order valence-corrected chi connectivity index (χ2v) is 17.7. The predicted molar refractivity (Wildman–Crippen MR) is 115 cm³/mol. The van der Waals surface area contributed by atoms with Crippen molar-refractivity contribution >= 4 is 62.2 Å². The molecule has 0 nitrogen and oxygen atoms in total. The van der Waals surface area contributed by atoms with Crippen molar-refractivity contribution in [3.63, 3.8) is 0 Å². The third kappa shape index (κ3) is 5.82. The number of hydrogen-bond acceptors (Lipinski definition) is 1. The SMILES string of the molecule is CSc1ccccc1P(c1ccccc1)c1ccccc1.[Br][Pt][Br]. The van der Waals surface area contributed by atoms with Gasteiger partial charge in [0.2, 0.25) is 0 Å². The number of thioether (sulfide) groups is 1. The van der Waals surface area contributed by atoms with E-state index in [0.29, 0.717) is 0 Å². The van der Waals surface area contributed by atoms with Crippen molar-refractivity contribution in [2.45, 2.75) is 4.90 Å². The van der Waals surface area contributed by atoms with E-state index in [2.05, 4.69) is 118 Å². The summed E-state index contributed by atoms with van der Waals surface area (Å²) >= 11 is 8.38. The van der Waals surface area contributed by atoms with E-state index >= 15 is 0 Å². The molecule has 3 aromatic rings. The van der Waals surface area contributed by atoms with Gasteiger partial charge in [0, 0.05) is 4.90 Å². The molecule has 0 saturated heterocycles. The van der Waals surface area contributed by atoms with Crippen molar-refractivity contribution in [1.29, 1.82) is 0 Å². The number of hydrogen-bond donors (Lipinski definition) is 0. The summed E-state index contributed by atoms with van der Waals surface area (Å²) in [5.74, 6) is 0. The van der Waals surface area contributed by atoms with Gasteiger partial charge in [0.05, 0.1) is 0 Å². The van der Waals surface area contributed by atoms with E-state index in [4.69, 9.17) is 0 Å². The zero-order valence-electron chi connectivity index (χ0n) is 13.0. The third-order valence-electron chi connectivity index (χ3n) is 3.35. The monoisotopic (exact) mass is 661 g/mol. The molecule has 0 amide bonds. The first-order valence-electron chi connectivity index (χ1n) is 7.17. The predicted octanol–water partition coefficient (Wildman–Crippen LogP) is 5.86. The van der Waals surface area contributed by atoms with Crippen molar-refractivity contribution in [3.05, 3.63) is 84.9 Å². The van der Waals surface area contributed by atoms with Crippen molar-refractivity contribution < 1.29 is 14.5 Å². The van der Waals surface area contributed by atoms with Gasteiger partial charge in [-0.15, -0.1) is 11.8 Å². The fourth-order valence-corrected chi connectivity index (χ4v) is 5.76. The van der Waals surface area contributed by atoms with E-state index in [1.54, 1.807) is 0 Å². The first-order chi connectivity index (χ1) is 11.8. The van der Waals surface area contributed by atoms with Gasteiger partial charge in [0.25, 0.3) is 0 Å². The molecular formula is C19H17Br2PPtS. The Morgan fingerprint density at radius 2 is 1.12 bits per heavy atom. The standard InChI is InChI=1S/C19H17PS.2BrH.Pt/c1-21-19-15-9-8-14-18(19)20(16-10-4-2-5-11-16)17-12-6-3-7-13-17;;;/h2-15H,1H3;2*1H;/q;;;+2/p-2. The van der Waals surface area contributed by atoms with Crippen LogP contribution in [0.5, 0.6) is 0 Å². The minimum absolute atomic E-state index is 0.208. The van der Waals surface area contributed by atoms with Crippen LogP contribution in [0.25, 0.3) is 0 Å². The molecule has 0 bridgehead atoms. The van der Waals surface area contributed by atoms with Crippen LogP contribution in [0.3, 0.4) is 0 Å². The number of rotatable bonds is 4. The van der Waals surface area contributed by atoms with Crippen LogP contribution in [0, 0.1) is 0 Å². The van der Waals surface area contributed by atoms with Gasteiger partial charge in [-0.3, -0.25) is 0 Å². The Morgan fingerprint density at radius 3 is 1.58 bits per heavy atom. The summed E-state index contributed by atoms with van der Waals surface area (Å²) in [7, 11) is -0.493. The van der Waals surface area contributed by atoms with Crippen LogP contribution in [0.4, 0.5) is 0 Å². The topological polar surface area (TPSA) is 0 Å². The maximum atomic E-state index is 3.17. The van der Waals surface area contributed by atoms with Crippen LogP contribution in [0.2, 0.25) is 0 Å². The average molecular weight is 663 g/mol. The van der Waals surface area contributed by atoms with Crippen LogP contribution >= 0.6 is 46.3 Å². The van der Waals surface area contributed by atoms with Gasteiger partial charge in [-0.1, -0.05) is 78.9 Å². The molecule has 0 aromatic heterocycles. The summed E-state index contributed by atoms with van der Waals surface area (Å²) < 4.78 is 0. The summed E-state index contributed by atoms with van der Waals surface area (Å²) in [4.78, 5) is 1.37. The van der Waals surface area contributed by atoms with Gasteiger partial charge >= 0.3 is 41.0 Å². The van der Waals surface area contributed by atoms with E-state index < -0.39 is 7.92 Å². The van der Waals surface area contributed by atoms with Crippen molar-refractivity contribution in [2.24, 2.45) is 0 Å². The Kier molecular flexibility index (Phi) is 9.91. The maximum absolute atomic E-state index is 3.17. The van der Waals surface area contributed by atoms with Crippen LogP contribution in [0.1, 0.15) is 0 Å². The van der Waals surface area contributed by atoms with Crippen LogP contribution in [-0.4, -0.2) is 6.26 Å². The minimum atomic E-state index is -0.493. The Bertz CT molecular complexity index is 686. The second kappa shape index (κ2) is 11.7. The first kappa shape index (κ1) is 20.4. The average Bonchev–Trinajstić information content (AvgIpc) is 2.65. The molecule has 0 aliphatic carbocycles. The van der Waals surface area contributed by atoms with Gasteiger partial charge < -0.3 is 0 Å². The first-order valence-corrected chi connectivity index (χ1v) is 19.7. The Labute approximate surface area is 171 Å². The van der Waals surface area contributed by atoms with E-state index in [9.17, 15) is 0 Å². The van der Waals surface area contributed by atoms with Gasteiger partial charge in [-0.2, -0.15) is 0 Å². The molecular weight excluding hydrogens is 646 g/mol. The molecule has 0 aliphatic rings. The van der Waals surface area contributed by atoms with E-state index in [1.165, 1.54) is 20.8 Å². The molecule has 0 radical (unpaired) electrons. The van der Waals surface area contributed by atoms with Crippen LogP contribution in [0.15, 0.2) is 89.8 Å². The summed E-state index contributed by atoms with van der Waals surface area (Å²) in [6.07, 6.45) is 2.16. The molecule has 24 heavy (non-hydrogen) atoms. The second-order valence-electron chi connectivity index (χ2n) is 4.72. The molecule has 0 aliphatic heterocycles. The molecule has 0 unspecified atom stereocenters. The summed E-state index contributed by atoms with van der Waals surface area (Å²) in [5.41, 5.74) is 0. The van der Waals surface area contributed by atoms with E-state index in [0.717, 1.165) is 0 Å². The quantitative estimate of drug-likeness (QED) is 0.250. The van der Waals surface area contributed by atoms with Gasteiger partial charge in [0.15, 0.2) is 0 Å². The van der Waals surface area contributed by atoms with Crippen molar-refractivity contribution in [2.75, 3.05) is 6.26 Å². The molecule has 0 N–H and O–H groups in total. The third-order valence-corrected chi connectivity index (χ3v) is 6.80. The Hall–Kier alpha value is 0.0883. The fraction of sp³-hybridized carbons (Fsp3) is 0.0526. The van der Waals surface area contributed by atoms with Gasteiger partial charge in [-0.25, -0.2) is 0 Å². The van der Waals surface area contributed by atoms with Crippen molar-refractivity contribution in [1.82, 2.24) is 0 Å². The zero-order chi connectivity index (χ0) is 17.2.